The Morgan fingerprint density at radius 2 is 2.33 bits per heavy atom. The lowest BCUT2D eigenvalue weighted by molar-refractivity contribution is -0.115. The largest absolute Gasteiger partial charge is 0.384 e. The summed E-state index contributed by atoms with van der Waals surface area (Å²) in [5.74, 6) is 0.254. The fourth-order valence-corrected chi connectivity index (χ4v) is 2.26. The van der Waals surface area contributed by atoms with E-state index < -0.39 is 0 Å². The summed E-state index contributed by atoms with van der Waals surface area (Å²) in [6.45, 7) is 0.307. The third-order valence-corrected chi connectivity index (χ3v) is 3.50. The summed E-state index contributed by atoms with van der Waals surface area (Å²) in [6.07, 6.45) is 1.99. The number of fused-ring (bicyclic) bond motifs is 1. The van der Waals surface area contributed by atoms with Gasteiger partial charge in [0.1, 0.15) is 5.82 Å². The number of nitrogen functional groups attached to an aromatic ring is 1. The summed E-state index contributed by atoms with van der Waals surface area (Å²) in [4.78, 5) is 23.4. The van der Waals surface area contributed by atoms with E-state index >= 15 is 0 Å². The first kappa shape index (κ1) is 13.2. The SMILES string of the molecule is Cn1ncc(CNC(=O)c2ccc3c(c2)NC(=O)C3)c1N. The van der Waals surface area contributed by atoms with Crippen LogP contribution < -0.4 is 16.4 Å². The zero-order valence-corrected chi connectivity index (χ0v) is 11.5. The maximum Gasteiger partial charge on any atom is 0.251 e. The van der Waals surface area contributed by atoms with Crippen LogP contribution >= 0.6 is 0 Å². The van der Waals surface area contributed by atoms with Gasteiger partial charge in [0.05, 0.1) is 12.6 Å². The van der Waals surface area contributed by atoms with E-state index in [0.717, 1.165) is 11.1 Å². The summed E-state index contributed by atoms with van der Waals surface area (Å²) in [5.41, 5.74) is 8.69. The Kier molecular flexibility index (Phi) is 3.09. The van der Waals surface area contributed by atoms with E-state index in [-0.39, 0.29) is 11.8 Å². The van der Waals surface area contributed by atoms with Crippen molar-refractivity contribution in [3.8, 4) is 0 Å². The lowest BCUT2D eigenvalue weighted by atomic mass is 10.1. The van der Waals surface area contributed by atoms with E-state index in [1.807, 2.05) is 0 Å². The van der Waals surface area contributed by atoms with Gasteiger partial charge in [0.25, 0.3) is 5.91 Å². The zero-order valence-electron chi connectivity index (χ0n) is 11.5. The number of carbonyl (C=O) groups is 2. The number of hydrogen-bond donors (Lipinski definition) is 3. The maximum atomic E-state index is 12.1. The van der Waals surface area contributed by atoms with Crippen LogP contribution in [0.25, 0.3) is 0 Å². The van der Waals surface area contributed by atoms with Gasteiger partial charge >= 0.3 is 0 Å². The topological polar surface area (TPSA) is 102 Å². The molecule has 0 saturated carbocycles. The lowest BCUT2D eigenvalue weighted by Gasteiger charge is -2.06. The van der Waals surface area contributed by atoms with Gasteiger partial charge in [-0.25, -0.2) is 0 Å². The molecule has 2 amide bonds. The predicted molar refractivity (Wildman–Crippen MR) is 77.6 cm³/mol. The minimum atomic E-state index is -0.220. The van der Waals surface area contributed by atoms with E-state index in [1.165, 1.54) is 0 Å². The van der Waals surface area contributed by atoms with Gasteiger partial charge in [-0.2, -0.15) is 5.10 Å². The Balaban J connectivity index is 1.70. The molecule has 0 fully saturated rings. The number of hydrogen-bond acceptors (Lipinski definition) is 4. The third-order valence-electron chi connectivity index (χ3n) is 3.50. The molecule has 1 aliphatic heterocycles. The van der Waals surface area contributed by atoms with Crippen LogP contribution in [0.3, 0.4) is 0 Å². The monoisotopic (exact) mass is 285 g/mol. The number of nitrogens with two attached hydrogens (primary N) is 1. The first-order chi connectivity index (χ1) is 10.0. The van der Waals surface area contributed by atoms with Crippen LogP contribution in [0.2, 0.25) is 0 Å². The fraction of sp³-hybridized carbons (Fsp3) is 0.214. The molecule has 108 valence electrons. The highest BCUT2D eigenvalue weighted by Gasteiger charge is 2.19. The van der Waals surface area contributed by atoms with Gasteiger partial charge in [0, 0.05) is 30.4 Å². The quantitative estimate of drug-likeness (QED) is 0.761. The van der Waals surface area contributed by atoms with Crippen molar-refractivity contribution in [2.24, 2.45) is 7.05 Å². The Bertz CT molecular complexity index is 735. The number of aromatic nitrogens is 2. The summed E-state index contributed by atoms with van der Waals surface area (Å²) in [6, 6.07) is 5.18. The maximum absolute atomic E-state index is 12.1. The lowest BCUT2D eigenvalue weighted by Crippen LogP contribution is -2.23. The molecular formula is C14H15N5O2. The van der Waals surface area contributed by atoms with Crippen LogP contribution in [0.15, 0.2) is 24.4 Å². The summed E-state index contributed by atoms with van der Waals surface area (Å²) < 4.78 is 1.55. The van der Waals surface area contributed by atoms with Crippen LogP contribution in [0.4, 0.5) is 11.5 Å². The smallest absolute Gasteiger partial charge is 0.251 e. The number of aryl methyl sites for hydroxylation is 1. The van der Waals surface area contributed by atoms with E-state index in [9.17, 15) is 9.59 Å². The Hall–Kier alpha value is -2.83. The van der Waals surface area contributed by atoms with Crippen molar-refractivity contribution in [1.82, 2.24) is 15.1 Å². The summed E-state index contributed by atoms with van der Waals surface area (Å²) in [7, 11) is 1.74. The third kappa shape index (κ3) is 2.45. The first-order valence-electron chi connectivity index (χ1n) is 6.52. The average Bonchev–Trinajstić information content (AvgIpc) is 2.98. The minimum absolute atomic E-state index is 0.0503. The first-order valence-corrected chi connectivity index (χ1v) is 6.52. The molecule has 7 nitrogen and oxygen atoms in total. The standard InChI is InChI=1S/C14H15N5O2/c1-19-13(15)10(7-17-19)6-16-14(21)9-3-2-8-5-12(20)18-11(8)4-9/h2-4,7H,5-6,15H2,1H3,(H,16,21)(H,18,20). The van der Waals surface area contributed by atoms with Crippen LogP contribution in [0.5, 0.6) is 0 Å². The highest BCUT2D eigenvalue weighted by molar-refractivity contribution is 6.02. The number of nitrogens with zero attached hydrogens (tertiary/aromatic N) is 2. The zero-order chi connectivity index (χ0) is 15.0. The summed E-state index contributed by atoms with van der Waals surface area (Å²) >= 11 is 0. The van der Waals surface area contributed by atoms with Crippen LogP contribution in [-0.4, -0.2) is 21.6 Å². The van der Waals surface area contributed by atoms with Crippen LogP contribution in [0, 0.1) is 0 Å². The minimum Gasteiger partial charge on any atom is -0.384 e. The van der Waals surface area contributed by atoms with Gasteiger partial charge in [0.2, 0.25) is 5.91 Å². The molecule has 4 N–H and O–H groups in total. The van der Waals surface area contributed by atoms with Gasteiger partial charge < -0.3 is 16.4 Å². The highest BCUT2D eigenvalue weighted by Crippen LogP contribution is 2.24. The second kappa shape index (κ2) is 4.93. The molecule has 0 unspecified atom stereocenters. The van der Waals surface area contributed by atoms with Crippen molar-refractivity contribution in [1.29, 1.82) is 0 Å². The van der Waals surface area contributed by atoms with E-state index in [4.69, 9.17) is 5.73 Å². The molecule has 0 radical (unpaired) electrons. The molecule has 21 heavy (non-hydrogen) atoms. The average molecular weight is 285 g/mol. The molecule has 1 aliphatic rings. The summed E-state index contributed by atoms with van der Waals surface area (Å²) in [5, 5.41) is 9.53. The van der Waals surface area contributed by atoms with Gasteiger partial charge in [-0.3, -0.25) is 14.3 Å². The molecule has 1 aromatic heterocycles. The van der Waals surface area contributed by atoms with Crippen molar-refractivity contribution >= 4 is 23.3 Å². The van der Waals surface area contributed by atoms with Crippen LogP contribution in [-0.2, 0) is 24.8 Å². The second-order valence-corrected chi connectivity index (χ2v) is 4.96. The highest BCUT2D eigenvalue weighted by atomic mass is 16.2. The molecule has 0 aliphatic carbocycles. The molecule has 0 atom stereocenters. The fourth-order valence-electron chi connectivity index (χ4n) is 2.26. The number of amides is 2. The number of rotatable bonds is 3. The number of anilines is 2. The predicted octanol–water partition coefficient (Wildman–Crippen LogP) is 0.427. The molecular weight excluding hydrogens is 270 g/mol. The molecule has 0 saturated heterocycles. The van der Waals surface area contributed by atoms with Crippen molar-refractivity contribution in [3.05, 3.63) is 41.1 Å². The van der Waals surface area contributed by atoms with E-state index in [2.05, 4.69) is 15.7 Å². The normalized spacial score (nSPS) is 12.9. The number of carbonyl (C=O) groups excluding carboxylic acids is 2. The van der Waals surface area contributed by atoms with E-state index in [1.54, 1.807) is 36.1 Å². The van der Waals surface area contributed by atoms with Gasteiger partial charge in [0.15, 0.2) is 0 Å². The molecule has 7 heteroatoms. The van der Waals surface area contributed by atoms with Crippen molar-refractivity contribution in [2.45, 2.75) is 13.0 Å². The van der Waals surface area contributed by atoms with E-state index in [0.29, 0.717) is 30.0 Å². The molecule has 0 bridgehead atoms. The number of benzene rings is 1. The second-order valence-electron chi connectivity index (χ2n) is 4.96. The molecule has 1 aromatic carbocycles. The van der Waals surface area contributed by atoms with Gasteiger partial charge in [-0.15, -0.1) is 0 Å². The van der Waals surface area contributed by atoms with Crippen molar-refractivity contribution in [3.63, 3.8) is 0 Å². The molecule has 2 aromatic rings. The molecule has 0 spiro atoms. The van der Waals surface area contributed by atoms with Gasteiger partial charge in [-0.1, -0.05) is 6.07 Å². The Labute approximate surface area is 121 Å². The Morgan fingerprint density at radius 3 is 3.05 bits per heavy atom. The van der Waals surface area contributed by atoms with Crippen molar-refractivity contribution < 1.29 is 9.59 Å². The number of nitrogens with one attached hydrogen (secondary N) is 2. The Morgan fingerprint density at radius 1 is 1.52 bits per heavy atom. The molecule has 3 rings (SSSR count). The van der Waals surface area contributed by atoms with Gasteiger partial charge in [-0.05, 0) is 17.7 Å². The van der Waals surface area contributed by atoms with Crippen LogP contribution in [0.1, 0.15) is 21.5 Å². The molecule has 2 heterocycles. The van der Waals surface area contributed by atoms with Crippen molar-refractivity contribution in [2.75, 3.05) is 11.1 Å².